The maximum Gasteiger partial charge on any atom is 0.408 e. The summed E-state index contributed by atoms with van der Waals surface area (Å²) in [4.78, 5) is 40.6. The van der Waals surface area contributed by atoms with Gasteiger partial charge in [-0.1, -0.05) is 110 Å². The summed E-state index contributed by atoms with van der Waals surface area (Å²) in [6, 6.07) is 7.83. The quantitative estimate of drug-likeness (QED) is 0.146. The Morgan fingerprint density at radius 3 is 2.24 bits per heavy atom. The average Bonchev–Trinajstić information content (AvgIpc) is 3.44. The number of carbonyl (C=O) groups excluding carboxylic acids is 3. The highest BCUT2D eigenvalue weighted by molar-refractivity contribution is 5.90. The van der Waals surface area contributed by atoms with Crippen molar-refractivity contribution >= 4 is 18.0 Å². The van der Waals surface area contributed by atoms with Gasteiger partial charge in [-0.2, -0.15) is 0 Å². The van der Waals surface area contributed by atoms with E-state index in [4.69, 9.17) is 9.47 Å². The molecule has 7 heteroatoms. The van der Waals surface area contributed by atoms with Gasteiger partial charge in [-0.05, 0) is 130 Å². The summed E-state index contributed by atoms with van der Waals surface area (Å²) in [5.41, 5.74) is 2.30. The van der Waals surface area contributed by atoms with E-state index in [1.807, 2.05) is 44.2 Å². The van der Waals surface area contributed by atoms with Crippen LogP contribution in [0.3, 0.4) is 0 Å². The second-order valence-corrected chi connectivity index (χ2v) is 20.2. The number of alkyl carbamates (subject to hydrolysis) is 1. The molecule has 0 spiro atoms. The second kappa shape index (κ2) is 17.5. The first kappa shape index (κ1) is 42.3. The van der Waals surface area contributed by atoms with Crippen molar-refractivity contribution in [1.29, 1.82) is 0 Å². The fourth-order valence-electron chi connectivity index (χ4n) is 11.5. The number of rotatable bonds is 14. The van der Waals surface area contributed by atoms with E-state index >= 15 is 0 Å². The number of allylic oxidation sites excluding steroid dienone is 1. The zero-order chi connectivity index (χ0) is 39.4. The summed E-state index contributed by atoms with van der Waals surface area (Å²) in [7, 11) is 0. The lowest BCUT2D eigenvalue weighted by molar-refractivity contribution is -0.156. The summed E-state index contributed by atoms with van der Waals surface area (Å²) in [6.07, 6.45) is 15.8. The van der Waals surface area contributed by atoms with Crippen LogP contribution in [0.25, 0.3) is 0 Å². The summed E-state index contributed by atoms with van der Waals surface area (Å²) >= 11 is 0. The van der Waals surface area contributed by atoms with Gasteiger partial charge in [0.2, 0.25) is 5.91 Å². The van der Waals surface area contributed by atoms with Crippen LogP contribution in [0.4, 0.5) is 4.79 Å². The molecule has 1 aromatic carbocycles. The fourth-order valence-corrected chi connectivity index (χ4v) is 11.5. The van der Waals surface area contributed by atoms with E-state index < -0.39 is 29.7 Å². The van der Waals surface area contributed by atoms with Gasteiger partial charge in [0, 0.05) is 12.8 Å². The predicted molar refractivity (Wildman–Crippen MR) is 218 cm³/mol. The minimum atomic E-state index is -0.916. The molecule has 2 N–H and O–H groups in total. The molecule has 0 saturated heterocycles. The first-order valence-electron chi connectivity index (χ1n) is 21.6. The van der Waals surface area contributed by atoms with Crippen molar-refractivity contribution in [3.63, 3.8) is 0 Å². The Bertz CT molecular complexity index is 1460. The monoisotopic (exact) mass is 747 g/mol. The van der Waals surface area contributed by atoms with E-state index in [2.05, 4.69) is 51.3 Å². The summed E-state index contributed by atoms with van der Waals surface area (Å²) in [5.74, 6) is 4.07. The number of benzene rings is 1. The summed E-state index contributed by atoms with van der Waals surface area (Å²) < 4.78 is 11.8. The molecule has 0 radical (unpaired) electrons. The molecular weight excluding hydrogens is 673 g/mol. The largest absolute Gasteiger partial charge is 0.461 e. The van der Waals surface area contributed by atoms with Crippen LogP contribution in [0.2, 0.25) is 0 Å². The standard InChI is InChI=1S/C47H74N2O5/c1-30(2)15-14-16-32(5)37-21-22-38-36-20-19-34-29-35(23-25-46(34,9)39(36)24-26-47(37,38)10)53-43(51)41(27-31(3)4)48-42(50)40(28-33-17-12-11-13-18-33)49-44(52)54-45(6,7)8/h11-13,17-19,30-32,35-41H,14-16,20-29H2,1-10H3,(H,48,50)(H,49,52)/t32-,35+,36+,37-,38+,39+,40+,41-,46+,47-/m1/s1. The maximum atomic E-state index is 13.9. The van der Waals surface area contributed by atoms with Gasteiger partial charge in [-0.25, -0.2) is 9.59 Å². The number of fused-ring (bicyclic) bond motifs is 5. The first-order valence-corrected chi connectivity index (χ1v) is 21.6. The Morgan fingerprint density at radius 1 is 0.852 bits per heavy atom. The van der Waals surface area contributed by atoms with Gasteiger partial charge >= 0.3 is 12.1 Å². The van der Waals surface area contributed by atoms with E-state index in [1.165, 1.54) is 50.5 Å². The second-order valence-electron chi connectivity index (χ2n) is 20.2. The van der Waals surface area contributed by atoms with Gasteiger partial charge in [0.15, 0.2) is 0 Å². The molecule has 10 atom stereocenters. The molecule has 3 saturated carbocycles. The Morgan fingerprint density at radius 2 is 1.57 bits per heavy atom. The number of ether oxygens (including phenoxy) is 2. The smallest absolute Gasteiger partial charge is 0.408 e. The number of hydrogen-bond donors (Lipinski definition) is 2. The van der Waals surface area contributed by atoms with Crippen LogP contribution in [0.1, 0.15) is 152 Å². The van der Waals surface area contributed by atoms with Crippen molar-refractivity contribution in [1.82, 2.24) is 10.6 Å². The van der Waals surface area contributed by atoms with Crippen molar-refractivity contribution in [2.24, 2.45) is 52.3 Å². The molecule has 4 aliphatic carbocycles. The van der Waals surface area contributed by atoms with Crippen molar-refractivity contribution in [3.8, 4) is 0 Å². The van der Waals surface area contributed by atoms with Gasteiger partial charge in [0.05, 0.1) is 0 Å². The topological polar surface area (TPSA) is 93.7 Å². The summed E-state index contributed by atoms with van der Waals surface area (Å²) in [6.45, 7) is 21.9. The normalized spacial score (nSPS) is 31.0. The molecule has 4 aliphatic rings. The van der Waals surface area contributed by atoms with E-state index in [-0.39, 0.29) is 29.8 Å². The zero-order valence-corrected chi connectivity index (χ0v) is 35.5. The minimum absolute atomic E-state index is 0.150. The molecule has 3 fully saturated rings. The van der Waals surface area contributed by atoms with Crippen LogP contribution in [0.5, 0.6) is 0 Å². The van der Waals surface area contributed by atoms with Gasteiger partial charge in [0.25, 0.3) is 0 Å². The van der Waals surface area contributed by atoms with Crippen LogP contribution < -0.4 is 10.6 Å². The number of hydrogen-bond acceptors (Lipinski definition) is 5. The molecule has 0 aromatic heterocycles. The van der Waals surface area contributed by atoms with Crippen molar-refractivity contribution < 1.29 is 23.9 Å². The third-order valence-corrected chi connectivity index (χ3v) is 14.1. The third-order valence-electron chi connectivity index (χ3n) is 14.1. The van der Waals surface area contributed by atoms with Gasteiger partial charge < -0.3 is 20.1 Å². The van der Waals surface area contributed by atoms with E-state index in [9.17, 15) is 14.4 Å². The number of carbonyl (C=O) groups is 3. The Hall–Kier alpha value is -2.83. The zero-order valence-electron chi connectivity index (χ0n) is 35.5. The lowest BCUT2D eigenvalue weighted by Gasteiger charge is -2.58. The Balaban J connectivity index is 1.23. The Kier molecular flexibility index (Phi) is 13.7. The molecule has 0 heterocycles. The molecule has 54 heavy (non-hydrogen) atoms. The maximum absolute atomic E-state index is 13.9. The van der Waals surface area contributed by atoms with E-state index in [0.29, 0.717) is 17.8 Å². The van der Waals surface area contributed by atoms with Crippen molar-refractivity contribution in [2.45, 2.75) is 176 Å². The molecule has 5 rings (SSSR count). The molecule has 0 aliphatic heterocycles. The number of esters is 1. The first-order chi connectivity index (χ1) is 25.4. The highest BCUT2D eigenvalue weighted by Crippen LogP contribution is 2.67. The molecule has 302 valence electrons. The van der Waals surface area contributed by atoms with Crippen molar-refractivity contribution in [3.05, 3.63) is 47.5 Å². The van der Waals surface area contributed by atoms with Crippen molar-refractivity contribution in [2.75, 3.05) is 0 Å². The molecule has 0 unspecified atom stereocenters. The molecule has 0 bridgehead atoms. The molecule has 2 amide bonds. The SMILES string of the molecule is CC(C)CCC[C@@H](C)[C@H]1CC[C@H]2[C@@H]3CC=C4C[C@@H](OC(=O)[C@@H](CC(C)C)NC(=O)[C@H](Cc5ccccc5)NC(=O)OC(C)(C)C)CC[C@]4(C)[C@H]3CC[C@]12C. The fraction of sp³-hybridized carbons (Fsp3) is 0.766. The number of nitrogens with one attached hydrogen (secondary N) is 2. The van der Waals surface area contributed by atoms with E-state index in [0.717, 1.165) is 60.8 Å². The van der Waals surface area contributed by atoms with Crippen LogP contribution in [-0.4, -0.2) is 41.8 Å². The van der Waals surface area contributed by atoms with Crippen LogP contribution in [-0.2, 0) is 25.5 Å². The highest BCUT2D eigenvalue weighted by atomic mass is 16.6. The Labute approximate surface area is 327 Å². The summed E-state index contributed by atoms with van der Waals surface area (Å²) in [5, 5.41) is 5.74. The highest BCUT2D eigenvalue weighted by Gasteiger charge is 2.59. The average molecular weight is 747 g/mol. The third kappa shape index (κ3) is 10.1. The predicted octanol–water partition coefficient (Wildman–Crippen LogP) is 10.6. The number of amides is 2. The molecule has 7 nitrogen and oxygen atoms in total. The lowest BCUT2D eigenvalue weighted by atomic mass is 9.47. The molecule has 1 aromatic rings. The molecular formula is C47H74N2O5. The van der Waals surface area contributed by atoms with Gasteiger partial charge in [-0.3, -0.25) is 4.79 Å². The van der Waals surface area contributed by atoms with Gasteiger partial charge in [-0.15, -0.1) is 0 Å². The minimum Gasteiger partial charge on any atom is -0.461 e. The lowest BCUT2D eigenvalue weighted by Crippen LogP contribution is -2.54. The van der Waals surface area contributed by atoms with Gasteiger partial charge in [0.1, 0.15) is 23.8 Å². The van der Waals surface area contributed by atoms with E-state index in [1.54, 1.807) is 20.8 Å². The van der Waals surface area contributed by atoms with Crippen LogP contribution >= 0.6 is 0 Å². The van der Waals surface area contributed by atoms with Crippen LogP contribution in [0, 0.1) is 52.3 Å². The van der Waals surface area contributed by atoms with Crippen LogP contribution in [0.15, 0.2) is 42.0 Å².